The lowest BCUT2D eigenvalue weighted by atomic mass is 10.1. The summed E-state index contributed by atoms with van der Waals surface area (Å²) in [5.74, 6) is 0.675. The smallest absolute Gasteiger partial charge is 0.0598 e. The Morgan fingerprint density at radius 1 is 1.40 bits per heavy atom. The molecule has 0 saturated carbocycles. The van der Waals surface area contributed by atoms with E-state index in [9.17, 15) is 0 Å². The van der Waals surface area contributed by atoms with Crippen molar-refractivity contribution in [2.45, 2.75) is 39.3 Å². The summed E-state index contributed by atoms with van der Waals surface area (Å²) in [5, 5.41) is 3.52. The maximum Gasteiger partial charge on any atom is 0.0598 e. The third kappa shape index (κ3) is 4.18. The zero-order valence-corrected chi connectivity index (χ0v) is 12.9. The molecule has 1 aromatic rings. The van der Waals surface area contributed by atoms with Crippen LogP contribution in [0.25, 0.3) is 0 Å². The third-order valence-electron chi connectivity index (χ3n) is 3.87. The first-order valence-corrected chi connectivity index (χ1v) is 7.62. The molecule has 0 atom stereocenters. The average molecular weight is 277 g/mol. The molecule has 2 heterocycles. The Morgan fingerprint density at radius 2 is 2.15 bits per heavy atom. The lowest BCUT2D eigenvalue weighted by Gasteiger charge is -2.34. The molecule has 1 aliphatic rings. The molecule has 0 unspecified atom stereocenters. The minimum atomic E-state index is 0.566. The van der Waals surface area contributed by atoms with Gasteiger partial charge >= 0.3 is 0 Å². The van der Waals surface area contributed by atoms with Gasteiger partial charge in [0.25, 0.3) is 0 Å². The second kappa shape index (κ2) is 7.60. The Bertz CT molecular complexity index is 402. The normalized spacial score (nSPS) is 16.6. The first kappa shape index (κ1) is 15.3. The molecule has 0 amide bonds. The highest BCUT2D eigenvalue weighted by Crippen LogP contribution is 2.24. The quantitative estimate of drug-likeness (QED) is 0.866. The standard InChI is InChI=1S/C16H27N3O/c1-13(2)10-18-11-14-4-7-17-12-16(14)19(3)15-5-8-20-9-6-15/h4,7,12-13,15,18H,5-6,8-11H2,1-3H3. The van der Waals surface area contributed by atoms with Gasteiger partial charge in [-0.25, -0.2) is 0 Å². The predicted octanol–water partition coefficient (Wildman–Crippen LogP) is 2.44. The summed E-state index contributed by atoms with van der Waals surface area (Å²) in [4.78, 5) is 6.68. The van der Waals surface area contributed by atoms with E-state index in [-0.39, 0.29) is 0 Å². The number of pyridine rings is 1. The van der Waals surface area contributed by atoms with E-state index in [0.717, 1.165) is 39.1 Å². The fraction of sp³-hybridized carbons (Fsp3) is 0.688. The maximum atomic E-state index is 5.45. The number of ether oxygens (including phenoxy) is 1. The molecule has 1 fully saturated rings. The van der Waals surface area contributed by atoms with Crippen LogP contribution in [0.5, 0.6) is 0 Å². The summed E-state index contributed by atoms with van der Waals surface area (Å²) in [6.07, 6.45) is 6.07. The highest BCUT2D eigenvalue weighted by molar-refractivity contribution is 5.51. The summed E-state index contributed by atoms with van der Waals surface area (Å²) >= 11 is 0. The molecule has 1 saturated heterocycles. The fourth-order valence-corrected chi connectivity index (χ4v) is 2.65. The zero-order valence-electron chi connectivity index (χ0n) is 12.9. The fourth-order valence-electron chi connectivity index (χ4n) is 2.65. The van der Waals surface area contributed by atoms with Gasteiger partial charge < -0.3 is 15.0 Å². The first-order valence-electron chi connectivity index (χ1n) is 7.62. The number of hydrogen-bond donors (Lipinski definition) is 1. The van der Waals surface area contributed by atoms with Crippen LogP contribution in [0.3, 0.4) is 0 Å². The predicted molar refractivity (Wildman–Crippen MR) is 83.0 cm³/mol. The highest BCUT2D eigenvalue weighted by atomic mass is 16.5. The van der Waals surface area contributed by atoms with Crippen LogP contribution in [-0.4, -0.2) is 37.8 Å². The van der Waals surface area contributed by atoms with E-state index in [1.54, 1.807) is 0 Å². The molecule has 0 aliphatic carbocycles. The third-order valence-corrected chi connectivity index (χ3v) is 3.87. The minimum Gasteiger partial charge on any atom is -0.381 e. The Kier molecular flexibility index (Phi) is 5.80. The zero-order chi connectivity index (χ0) is 14.4. The lowest BCUT2D eigenvalue weighted by molar-refractivity contribution is 0.0854. The van der Waals surface area contributed by atoms with Gasteiger partial charge in [-0.1, -0.05) is 13.8 Å². The summed E-state index contributed by atoms with van der Waals surface area (Å²) in [6, 6.07) is 2.69. The summed E-state index contributed by atoms with van der Waals surface area (Å²) in [5.41, 5.74) is 2.57. The van der Waals surface area contributed by atoms with Gasteiger partial charge in [0.2, 0.25) is 0 Å². The molecule has 1 aromatic heterocycles. The minimum absolute atomic E-state index is 0.566. The lowest BCUT2D eigenvalue weighted by Crippen LogP contribution is -2.37. The average Bonchev–Trinajstić information content (AvgIpc) is 2.47. The van der Waals surface area contributed by atoms with Crippen molar-refractivity contribution in [1.82, 2.24) is 10.3 Å². The molecule has 0 spiro atoms. The molecule has 1 aliphatic heterocycles. The molecule has 0 radical (unpaired) electrons. The molecular formula is C16H27N3O. The van der Waals surface area contributed by atoms with Gasteiger partial charge in [-0.05, 0) is 36.9 Å². The van der Waals surface area contributed by atoms with E-state index in [0.29, 0.717) is 12.0 Å². The Balaban J connectivity index is 2.02. The van der Waals surface area contributed by atoms with Crippen LogP contribution in [0.2, 0.25) is 0 Å². The molecule has 4 heteroatoms. The van der Waals surface area contributed by atoms with Gasteiger partial charge in [0, 0.05) is 39.0 Å². The molecule has 2 rings (SSSR count). The van der Waals surface area contributed by atoms with Gasteiger partial charge in [0.15, 0.2) is 0 Å². The Labute approximate surface area is 122 Å². The maximum absolute atomic E-state index is 5.45. The Morgan fingerprint density at radius 3 is 2.85 bits per heavy atom. The van der Waals surface area contributed by atoms with Crippen molar-refractivity contribution in [3.8, 4) is 0 Å². The SMILES string of the molecule is CC(C)CNCc1ccncc1N(C)C1CCOCC1. The van der Waals surface area contributed by atoms with Gasteiger partial charge in [-0.3, -0.25) is 4.98 Å². The number of nitrogens with zero attached hydrogens (tertiary/aromatic N) is 2. The molecule has 0 aromatic carbocycles. The monoisotopic (exact) mass is 277 g/mol. The van der Waals surface area contributed by atoms with Crippen molar-refractivity contribution >= 4 is 5.69 Å². The van der Waals surface area contributed by atoms with Gasteiger partial charge in [-0.15, -0.1) is 0 Å². The number of hydrogen-bond acceptors (Lipinski definition) is 4. The van der Waals surface area contributed by atoms with Crippen molar-refractivity contribution in [3.05, 3.63) is 24.0 Å². The van der Waals surface area contributed by atoms with E-state index in [1.807, 2.05) is 12.4 Å². The largest absolute Gasteiger partial charge is 0.381 e. The van der Waals surface area contributed by atoms with Crippen molar-refractivity contribution in [2.24, 2.45) is 5.92 Å². The van der Waals surface area contributed by atoms with Gasteiger partial charge in [-0.2, -0.15) is 0 Å². The molecule has 4 nitrogen and oxygen atoms in total. The van der Waals surface area contributed by atoms with Crippen LogP contribution in [-0.2, 0) is 11.3 Å². The number of nitrogens with one attached hydrogen (secondary N) is 1. The molecule has 112 valence electrons. The van der Waals surface area contributed by atoms with Crippen LogP contribution < -0.4 is 10.2 Å². The van der Waals surface area contributed by atoms with Crippen LogP contribution in [0.1, 0.15) is 32.3 Å². The van der Waals surface area contributed by atoms with Crippen LogP contribution in [0.15, 0.2) is 18.5 Å². The number of anilines is 1. The van der Waals surface area contributed by atoms with Crippen molar-refractivity contribution in [2.75, 3.05) is 31.7 Å². The summed E-state index contributed by atoms with van der Waals surface area (Å²) in [7, 11) is 2.18. The van der Waals surface area contributed by atoms with Gasteiger partial charge in [0.05, 0.1) is 11.9 Å². The second-order valence-electron chi connectivity index (χ2n) is 5.98. The van der Waals surface area contributed by atoms with Crippen molar-refractivity contribution in [1.29, 1.82) is 0 Å². The number of aromatic nitrogens is 1. The first-order chi connectivity index (χ1) is 9.68. The van der Waals surface area contributed by atoms with Crippen molar-refractivity contribution in [3.63, 3.8) is 0 Å². The summed E-state index contributed by atoms with van der Waals surface area (Å²) in [6.45, 7) is 8.15. The van der Waals surface area contributed by atoms with E-state index in [4.69, 9.17) is 4.74 Å². The molecule has 20 heavy (non-hydrogen) atoms. The van der Waals surface area contributed by atoms with Crippen molar-refractivity contribution < 1.29 is 4.74 Å². The van der Waals surface area contributed by atoms with Gasteiger partial charge in [0.1, 0.15) is 0 Å². The molecular weight excluding hydrogens is 250 g/mol. The second-order valence-corrected chi connectivity index (χ2v) is 5.98. The van der Waals surface area contributed by atoms with Crippen LogP contribution in [0, 0.1) is 5.92 Å². The van der Waals surface area contributed by atoms with Crippen LogP contribution >= 0.6 is 0 Å². The molecule has 1 N–H and O–H groups in total. The van der Waals surface area contributed by atoms with Crippen LogP contribution in [0.4, 0.5) is 5.69 Å². The Hall–Kier alpha value is -1.13. The van der Waals surface area contributed by atoms with E-state index in [2.05, 4.69) is 42.2 Å². The molecule has 0 bridgehead atoms. The van der Waals surface area contributed by atoms with E-state index < -0.39 is 0 Å². The van der Waals surface area contributed by atoms with E-state index in [1.165, 1.54) is 11.3 Å². The van der Waals surface area contributed by atoms with E-state index >= 15 is 0 Å². The highest BCUT2D eigenvalue weighted by Gasteiger charge is 2.20. The number of rotatable bonds is 6. The summed E-state index contributed by atoms with van der Waals surface area (Å²) < 4.78 is 5.45. The topological polar surface area (TPSA) is 37.4 Å².